The minimum absolute atomic E-state index is 0.0580. The van der Waals surface area contributed by atoms with Crippen LogP contribution in [-0.4, -0.2) is 56.5 Å². The number of carbonyl (C=O) groups excluding carboxylic acids is 1. The number of carbonyl (C=O) groups is 1. The van der Waals surface area contributed by atoms with Gasteiger partial charge in [0, 0.05) is 17.1 Å². The highest BCUT2D eigenvalue weighted by Crippen LogP contribution is 2.35. The third-order valence-corrected chi connectivity index (χ3v) is 7.54. The maximum Gasteiger partial charge on any atom is 0.230 e. The van der Waals surface area contributed by atoms with Gasteiger partial charge in [0.1, 0.15) is 6.33 Å². The number of amides is 1. The number of benzene rings is 1. The Bertz CT molecular complexity index is 846. The van der Waals surface area contributed by atoms with Crippen molar-refractivity contribution in [2.24, 2.45) is 0 Å². The maximum atomic E-state index is 12.7. The molecule has 1 aliphatic heterocycles. The molecule has 2 heterocycles. The zero-order chi connectivity index (χ0) is 20.8. The molecule has 6 nitrogen and oxygen atoms in total. The van der Waals surface area contributed by atoms with Crippen LogP contribution in [0.15, 0.2) is 35.7 Å². The number of thioether (sulfide) groups is 1. The van der Waals surface area contributed by atoms with Gasteiger partial charge in [0.15, 0.2) is 5.16 Å². The second-order valence-corrected chi connectivity index (χ2v) is 9.74. The number of nitrogens with zero attached hydrogens (tertiary/aromatic N) is 4. The summed E-state index contributed by atoms with van der Waals surface area (Å²) in [6.07, 6.45) is 11.8. The summed E-state index contributed by atoms with van der Waals surface area (Å²) in [6.45, 7) is 3.11. The molecule has 1 saturated carbocycles. The van der Waals surface area contributed by atoms with E-state index in [1.165, 1.54) is 76.2 Å². The fraction of sp³-hybridized carbons (Fsp3) is 0.591. The van der Waals surface area contributed by atoms with E-state index in [0.717, 1.165) is 12.2 Å². The lowest BCUT2D eigenvalue weighted by atomic mass is 9.79. The van der Waals surface area contributed by atoms with Gasteiger partial charge in [-0.25, -0.2) is 0 Å². The lowest BCUT2D eigenvalue weighted by Gasteiger charge is -2.48. The van der Waals surface area contributed by atoms with Gasteiger partial charge in [-0.1, -0.05) is 55.1 Å². The Hall–Kier alpha value is -1.57. The van der Waals surface area contributed by atoms with Crippen LogP contribution in [-0.2, 0) is 4.79 Å². The molecule has 1 aliphatic carbocycles. The second-order valence-electron chi connectivity index (χ2n) is 8.36. The molecule has 0 unspecified atom stereocenters. The molecular weight excluding hydrogens is 418 g/mol. The van der Waals surface area contributed by atoms with Crippen LogP contribution in [0.3, 0.4) is 0 Å². The Morgan fingerprint density at radius 2 is 1.90 bits per heavy atom. The number of aromatic nitrogens is 3. The van der Waals surface area contributed by atoms with Gasteiger partial charge in [0.25, 0.3) is 0 Å². The number of halogens is 1. The molecule has 162 valence electrons. The van der Waals surface area contributed by atoms with Crippen molar-refractivity contribution in [2.75, 3.05) is 25.4 Å². The highest BCUT2D eigenvalue weighted by molar-refractivity contribution is 7.99. The van der Waals surface area contributed by atoms with E-state index < -0.39 is 0 Å². The quantitative estimate of drug-likeness (QED) is 0.640. The van der Waals surface area contributed by atoms with E-state index in [0.29, 0.717) is 15.9 Å². The summed E-state index contributed by atoms with van der Waals surface area (Å²) < 4.78 is 1.86. The first-order chi connectivity index (χ1) is 14.7. The average Bonchev–Trinajstić information content (AvgIpc) is 3.26. The molecule has 1 N–H and O–H groups in total. The summed E-state index contributed by atoms with van der Waals surface area (Å²) in [7, 11) is 0. The monoisotopic (exact) mass is 447 g/mol. The molecule has 1 aromatic heterocycles. The Labute approximate surface area is 187 Å². The minimum atomic E-state index is 0.0580. The van der Waals surface area contributed by atoms with E-state index in [-0.39, 0.29) is 11.4 Å². The van der Waals surface area contributed by atoms with E-state index in [1.807, 2.05) is 28.8 Å². The first-order valence-corrected chi connectivity index (χ1v) is 12.3. The van der Waals surface area contributed by atoms with Crippen molar-refractivity contribution in [2.45, 2.75) is 62.1 Å². The van der Waals surface area contributed by atoms with Crippen molar-refractivity contribution >= 4 is 29.3 Å². The average molecular weight is 448 g/mol. The fourth-order valence-corrected chi connectivity index (χ4v) is 5.70. The van der Waals surface area contributed by atoms with Gasteiger partial charge < -0.3 is 5.32 Å². The van der Waals surface area contributed by atoms with Crippen molar-refractivity contribution < 1.29 is 4.79 Å². The number of nitrogens with one attached hydrogen (secondary N) is 1. The number of piperidine rings is 1. The molecule has 2 aromatic rings. The van der Waals surface area contributed by atoms with Crippen molar-refractivity contribution in [3.63, 3.8) is 0 Å². The third kappa shape index (κ3) is 5.18. The smallest absolute Gasteiger partial charge is 0.230 e. The Balaban J connectivity index is 1.34. The van der Waals surface area contributed by atoms with Crippen LogP contribution in [0.4, 0.5) is 0 Å². The normalized spacial score (nSPS) is 19.5. The van der Waals surface area contributed by atoms with Gasteiger partial charge in [-0.05, 0) is 57.0 Å². The van der Waals surface area contributed by atoms with Gasteiger partial charge in [-0.3, -0.25) is 14.3 Å². The predicted octanol–water partition coefficient (Wildman–Crippen LogP) is 4.32. The Kier molecular flexibility index (Phi) is 7.33. The molecule has 2 aliphatic rings. The van der Waals surface area contributed by atoms with Crippen molar-refractivity contribution in [3.05, 3.63) is 35.6 Å². The van der Waals surface area contributed by atoms with Gasteiger partial charge in [-0.2, -0.15) is 0 Å². The van der Waals surface area contributed by atoms with Gasteiger partial charge in [0.2, 0.25) is 5.91 Å². The van der Waals surface area contributed by atoms with Crippen LogP contribution in [0.1, 0.15) is 51.4 Å². The van der Waals surface area contributed by atoms with E-state index in [1.54, 1.807) is 6.33 Å². The molecule has 0 atom stereocenters. The molecule has 1 amide bonds. The molecular formula is C22H30ClN5OS. The van der Waals surface area contributed by atoms with Crippen molar-refractivity contribution in [1.82, 2.24) is 25.0 Å². The van der Waals surface area contributed by atoms with Gasteiger partial charge >= 0.3 is 0 Å². The largest absolute Gasteiger partial charge is 0.354 e. The Morgan fingerprint density at radius 1 is 1.13 bits per heavy atom. The third-order valence-electron chi connectivity index (χ3n) is 6.36. The fourth-order valence-electron chi connectivity index (χ4n) is 4.75. The molecule has 1 saturated heterocycles. The molecule has 2 fully saturated rings. The number of hydrogen-bond donors (Lipinski definition) is 1. The molecule has 0 bridgehead atoms. The van der Waals surface area contributed by atoms with E-state index in [4.69, 9.17) is 11.6 Å². The zero-order valence-electron chi connectivity index (χ0n) is 17.4. The van der Waals surface area contributed by atoms with Crippen LogP contribution in [0.5, 0.6) is 0 Å². The SMILES string of the molecule is O=C(CSc1nncn1-c1cccc(Cl)c1)NCC1(N2CCCCC2)CCCCC1. The molecule has 4 rings (SSSR count). The molecule has 30 heavy (non-hydrogen) atoms. The van der Waals surface area contributed by atoms with Crippen molar-refractivity contribution in [1.29, 1.82) is 0 Å². The number of likely N-dealkylation sites (tertiary alicyclic amines) is 1. The zero-order valence-corrected chi connectivity index (χ0v) is 18.9. The van der Waals surface area contributed by atoms with E-state index in [9.17, 15) is 4.79 Å². The topological polar surface area (TPSA) is 63.1 Å². The first kappa shape index (κ1) is 21.7. The summed E-state index contributed by atoms with van der Waals surface area (Å²) in [4.78, 5) is 15.3. The maximum absolute atomic E-state index is 12.7. The Morgan fingerprint density at radius 3 is 2.67 bits per heavy atom. The van der Waals surface area contributed by atoms with Crippen molar-refractivity contribution in [3.8, 4) is 5.69 Å². The molecule has 8 heteroatoms. The highest BCUT2D eigenvalue weighted by Gasteiger charge is 2.38. The van der Waals surface area contributed by atoms with Crippen LogP contribution >= 0.6 is 23.4 Å². The lowest BCUT2D eigenvalue weighted by Crippen LogP contribution is -2.58. The van der Waals surface area contributed by atoms with Crippen LogP contribution < -0.4 is 5.32 Å². The molecule has 0 radical (unpaired) electrons. The van der Waals surface area contributed by atoms with Crippen LogP contribution in [0.2, 0.25) is 5.02 Å². The highest BCUT2D eigenvalue weighted by atomic mass is 35.5. The molecule has 0 spiro atoms. The first-order valence-electron chi connectivity index (χ1n) is 11.0. The summed E-state index contributed by atoms with van der Waals surface area (Å²) in [5.41, 5.74) is 1.04. The van der Waals surface area contributed by atoms with Gasteiger partial charge in [-0.15, -0.1) is 10.2 Å². The summed E-state index contributed by atoms with van der Waals surface area (Å²) in [5.74, 6) is 0.387. The summed E-state index contributed by atoms with van der Waals surface area (Å²) >= 11 is 7.51. The second kappa shape index (κ2) is 10.2. The van der Waals surface area contributed by atoms with Crippen LogP contribution in [0.25, 0.3) is 5.69 Å². The summed E-state index contributed by atoms with van der Waals surface area (Å²) in [6, 6.07) is 7.54. The van der Waals surface area contributed by atoms with Crippen LogP contribution in [0, 0.1) is 0 Å². The predicted molar refractivity (Wildman–Crippen MR) is 121 cm³/mol. The minimum Gasteiger partial charge on any atom is -0.354 e. The van der Waals surface area contributed by atoms with E-state index >= 15 is 0 Å². The summed E-state index contributed by atoms with van der Waals surface area (Å²) in [5, 5.41) is 12.8. The number of hydrogen-bond acceptors (Lipinski definition) is 5. The van der Waals surface area contributed by atoms with E-state index in [2.05, 4.69) is 20.4 Å². The lowest BCUT2D eigenvalue weighted by molar-refractivity contribution is -0.119. The van der Waals surface area contributed by atoms with Gasteiger partial charge in [0.05, 0.1) is 11.4 Å². The standard InChI is InChI=1S/C22H30ClN5OS/c23-18-8-7-9-19(14-18)28-17-25-26-21(28)30-15-20(29)24-16-22(10-3-1-4-11-22)27-12-5-2-6-13-27/h7-9,14,17H,1-6,10-13,15-16H2,(H,24,29). The number of rotatable bonds is 7. The molecule has 1 aromatic carbocycles.